The summed E-state index contributed by atoms with van der Waals surface area (Å²) in [6, 6.07) is 7.66. The van der Waals surface area contributed by atoms with E-state index in [1.165, 1.54) is 0 Å². The normalized spacial score (nSPS) is 12.7. The van der Waals surface area contributed by atoms with Crippen molar-refractivity contribution < 1.29 is 14.3 Å². The van der Waals surface area contributed by atoms with E-state index in [4.69, 9.17) is 4.74 Å². The molecule has 110 valence electrons. The number of aryl methyl sites for hydroxylation is 1. The Kier molecular flexibility index (Phi) is 5.31. The Morgan fingerprint density at radius 2 is 1.75 bits per heavy atom. The van der Waals surface area contributed by atoms with Crippen molar-refractivity contribution in [2.24, 2.45) is 0 Å². The molecule has 0 spiro atoms. The maximum atomic E-state index is 11.8. The van der Waals surface area contributed by atoms with Crippen molar-refractivity contribution in [3.63, 3.8) is 0 Å². The average molecular weight is 277 g/mol. The second-order valence-electron chi connectivity index (χ2n) is 6.03. The Hall–Kier alpha value is -1.84. The SMILES string of the molecule is Cc1ccc(CC(=O)OC(C)C(=O)NC(C)(C)C)cc1. The summed E-state index contributed by atoms with van der Waals surface area (Å²) in [6.45, 7) is 9.21. The van der Waals surface area contributed by atoms with E-state index in [0.717, 1.165) is 11.1 Å². The van der Waals surface area contributed by atoms with Crippen LogP contribution in [0.3, 0.4) is 0 Å². The molecule has 1 unspecified atom stereocenters. The zero-order valence-corrected chi connectivity index (χ0v) is 12.8. The lowest BCUT2D eigenvalue weighted by Crippen LogP contribution is -2.46. The second kappa shape index (κ2) is 6.55. The van der Waals surface area contributed by atoms with E-state index in [-0.39, 0.29) is 17.9 Å². The highest BCUT2D eigenvalue weighted by molar-refractivity contribution is 5.84. The zero-order chi connectivity index (χ0) is 15.3. The molecule has 20 heavy (non-hydrogen) atoms. The van der Waals surface area contributed by atoms with Gasteiger partial charge in [0.15, 0.2) is 6.10 Å². The van der Waals surface area contributed by atoms with Gasteiger partial charge < -0.3 is 10.1 Å². The highest BCUT2D eigenvalue weighted by atomic mass is 16.5. The molecular formula is C16H23NO3. The van der Waals surface area contributed by atoms with E-state index in [9.17, 15) is 9.59 Å². The Balaban J connectivity index is 2.49. The first-order chi connectivity index (χ1) is 9.17. The van der Waals surface area contributed by atoms with E-state index in [1.807, 2.05) is 52.0 Å². The molecule has 0 saturated carbocycles. The molecule has 1 N–H and O–H groups in total. The molecule has 0 bridgehead atoms. The third-order valence-corrected chi connectivity index (χ3v) is 2.64. The third-order valence-electron chi connectivity index (χ3n) is 2.64. The molecule has 0 fully saturated rings. The Morgan fingerprint density at radius 3 is 2.25 bits per heavy atom. The van der Waals surface area contributed by atoms with Crippen molar-refractivity contribution >= 4 is 11.9 Å². The molecule has 1 amide bonds. The third kappa shape index (κ3) is 5.87. The molecule has 1 aromatic rings. The van der Waals surface area contributed by atoms with Crippen LogP contribution in [0.5, 0.6) is 0 Å². The van der Waals surface area contributed by atoms with Gasteiger partial charge in [0.1, 0.15) is 0 Å². The van der Waals surface area contributed by atoms with Crippen LogP contribution >= 0.6 is 0 Å². The molecule has 0 radical (unpaired) electrons. The molecule has 0 aliphatic carbocycles. The van der Waals surface area contributed by atoms with Crippen LogP contribution in [0, 0.1) is 6.92 Å². The number of esters is 1. The van der Waals surface area contributed by atoms with Crippen LogP contribution in [-0.2, 0) is 20.7 Å². The van der Waals surface area contributed by atoms with E-state index in [0.29, 0.717) is 0 Å². The Bertz CT molecular complexity index is 471. The number of carbonyl (C=O) groups excluding carboxylic acids is 2. The minimum Gasteiger partial charge on any atom is -0.452 e. The first-order valence-electron chi connectivity index (χ1n) is 6.74. The lowest BCUT2D eigenvalue weighted by atomic mass is 10.1. The lowest BCUT2D eigenvalue weighted by Gasteiger charge is -2.23. The van der Waals surface area contributed by atoms with Gasteiger partial charge in [-0.3, -0.25) is 9.59 Å². The Labute approximate surface area is 120 Å². The predicted molar refractivity (Wildman–Crippen MR) is 78.3 cm³/mol. The molecule has 0 aliphatic heterocycles. The number of nitrogens with one attached hydrogen (secondary N) is 1. The van der Waals surface area contributed by atoms with Crippen molar-refractivity contribution in [2.75, 3.05) is 0 Å². The van der Waals surface area contributed by atoms with Gasteiger partial charge in [-0.1, -0.05) is 29.8 Å². The number of hydrogen-bond acceptors (Lipinski definition) is 3. The first kappa shape index (κ1) is 16.2. The standard InChI is InChI=1S/C16H23NO3/c1-11-6-8-13(9-7-11)10-14(18)20-12(2)15(19)17-16(3,4)5/h6-9,12H,10H2,1-5H3,(H,17,19). The van der Waals surface area contributed by atoms with Gasteiger partial charge in [0.05, 0.1) is 6.42 Å². The number of carbonyl (C=O) groups is 2. The lowest BCUT2D eigenvalue weighted by molar-refractivity contribution is -0.154. The van der Waals surface area contributed by atoms with E-state index < -0.39 is 12.1 Å². The van der Waals surface area contributed by atoms with E-state index in [2.05, 4.69) is 5.32 Å². The van der Waals surface area contributed by atoms with Crippen molar-refractivity contribution in [1.29, 1.82) is 0 Å². The van der Waals surface area contributed by atoms with Crippen molar-refractivity contribution in [3.8, 4) is 0 Å². The molecule has 4 nitrogen and oxygen atoms in total. The molecular weight excluding hydrogens is 254 g/mol. The van der Waals surface area contributed by atoms with Gasteiger partial charge in [0, 0.05) is 5.54 Å². The maximum absolute atomic E-state index is 11.8. The fraction of sp³-hybridized carbons (Fsp3) is 0.500. The zero-order valence-electron chi connectivity index (χ0n) is 12.8. The van der Waals surface area contributed by atoms with Gasteiger partial charge in [0.25, 0.3) is 5.91 Å². The van der Waals surface area contributed by atoms with Gasteiger partial charge in [0.2, 0.25) is 0 Å². The van der Waals surface area contributed by atoms with Gasteiger partial charge >= 0.3 is 5.97 Å². The summed E-state index contributed by atoms with van der Waals surface area (Å²) < 4.78 is 5.14. The van der Waals surface area contributed by atoms with Crippen LogP contribution < -0.4 is 5.32 Å². The molecule has 4 heteroatoms. The average Bonchev–Trinajstić information content (AvgIpc) is 2.29. The summed E-state index contributed by atoms with van der Waals surface area (Å²) in [7, 11) is 0. The van der Waals surface area contributed by atoms with Crippen LogP contribution in [0.4, 0.5) is 0 Å². The molecule has 1 rings (SSSR count). The fourth-order valence-electron chi connectivity index (χ4n) is 1.64. The first-order valence-corrected chi connectivity index (χ1v) is 6.74. The summed E-state index contributed by atoms with van der Waals surface area (Å²) in [6.07, 6.45) is -0.611. The summed E-state index contributed by atoms with van der Waals surface area (Å²) in [5.41, 5.74) is 1.68. The highest BCUT2D eigenvalue weighted by Gasteiger charge is 2.22. The van der Waals surface area contributed by atoms with Crippen LogP contribution in [0.1, 0.15) is 38.8 Å². The monoisotopic (exact) mass is 277 g/mol. The van der Waals surface area contributed by atoms with Crippen LogP contribution in [0.15, 0.2) is 24.3 Å². The predicted octanol–water partition coefficient (Wildman–Crippen LogP) is 2.38. The summed E-state index contributed by atoms with van der Waals surface area (Å²) in [5.74, 6) is -0.680. The smallest absolute Gasteiger partial charge is 0.311 e. The van der Waals surface area contributed by atoms with Crippen molar-refractivity contribution in [3.05, 3.63) is 35.4 Å². The minimum absolute atomic E-state index is 0.174. The molecule has 0 heterocycles. The van der Waals surface area contributed by atoms with Gasteiger partial charge in [-0.15, -0.1) is 0 Å². The second-order valence-corrected chi connectivity index (χ2v) is 6.03. The summed E-state index contributed by atoms with van der Waals surface area (Å²) >= 11 is 0. The summed E-state index contributed by atoms with van der Waals surface area (Å²) in [5, 5.41) is 2.78. The van der Waals surface area contributed by atoms with Crippen molar-refractivity contribution in [2.45, 2.75) is 52.7 Å². The van der Waals surface area contributed by atoms with Gasteiger partial charge in [-0.25, -0.2) is 0 Å². The Morgan fingerprint density at radius 1 is 1.20 bits per heavy atom. The topological polar surface area (TPSA) is 55.4 Å². The number of amides is 1. The molecule has 0 aliphatic rings. The number of ether oxygens (including phenoxy) is 1. The number of benzene rings is 1. The molecule has 0 saturated heterocycles. The van der Waals surface area contributed by atoms with Gasteiger partial charge in [-0.05, 0) is 40.2 Å². The van der Waals surface area contributed by atoms with Gasteiger partial charge in [-0.2, -0.15) is 0 Å². The van der Waals surface area contributed by atoms with Crippen LogP contribution in [-0.4, -0.2) is 23.5 Å². The number of hydrogen-bond donors (Lipinski definition) is 1. The largest absolute Gasteiger partial charge is 0.452 e. The van der Waals surface area contributed by atoms with E-state index in [1.54, 1.807) is 6.92 Å². The molecule has 1 aromatic carbocycles. The van der Waals surface area contributed by atoms with Crippen LogP contribution in [0.2, 0.25) is 0 Å². The maximum Gasteiger partial charge on any atom is 0.311 e. The molecule has 0 aromatic heterocycles. The molecule has 1 atom stereocenters. The van der Waals surface area contributed by atoms with Crippen molar-refractivity contribution in [1.82, 2.24) is 5.32 Å². The minimum atomic E-state index is -0.785. The van der Waals surface area contributed by atoms with Crippen LogP contribution in [0.25, 0.3) is 0 Å². The number of rotatable bonds is 4. The highest BCUT2D eigenvalue weighted by Crippen LogP contribution is 2.06. The summed E-state index contributed by atoms with van der Waals surface area (Å²) in [4.78, 5) is 23.6. The fourth-order valence-corrected chi connectivity index (χ4v) is 1.64. The quantitative estimate of drug-likeness (QED) is 0.860. The van der Waals surface area contributed by atoms with E-state index >= 15 is 0 Å².